The standard InChI is InChI=1S/C27H26N4S/c1-18-19(2)30(21-12-6-4-7-13-21)20(3)24(18)26-25(23-16-10-11-17-28-23)29-27(32)31(26)22-14-8-5-9-15-22/h4-17,25-26H,1-3H3,(H,29,32)/t25-,26-/m1/s1. The molecule has 0 amide bonds. The van der Waals surface area contributed by atoms with Crippen molar-refractivity contribution in [1.29, 1.82) is 0 Å². The van der Waals surface area contributed by atoms with Gasteiger partial charge in [0.1, 0.15) is 0 Å². The fourth-order valence-corrected chi connectivity index (χ4v) is 5.27. The van der Waals surface area contributed by atoms with Gasteiger partial charge in [0.05, 0.1) is 17.8 Å². The highest BCUT2D eigenvalue weighted by atomic mass is 32.1. The summed E-state index contributed by atoms with van der Waals surface area (Å²) >= 11 is 5.88. The molecule has 160 valence electrons. The minimum absolute atomic E-state index is 0.0107. The number of nitrogens with one attached hydrogen (secondary N) is 1. The number of anilines is 1. The zero-order chi connectivity index (χ0) is 22.2. The smallest absolute Gasteiger partial charge is 0.174 e. The van der Waals surface area contributed by atoms with Crippen LogP contribution in [0.4, 0.5) is 5.69 Å². The molecule has 1 fully saturated rings. The Hall–Kier alpha value is -3.44. The molecule has 0 radical (unpaired) electrons. The summed E-state index contributed by atoms with van der Waals surface area (Å²) in [4.78, 5) is 6.94. The molecule has 1 aliphatic rings. The van der Waals surface area contributed by atoms with Gasteiger partial charge in [0, 0.05) is 34.5 Å². The lowest BCUT2D eigenvalue weighted by Gasteiger charge is -2.29. The summed E-state index contributed by atoms with van der Waals surface area (Å²) in [7, 11) is 0. The van der Waals surface area contributed by atoms with Crippen molar-refractivity contribution in [2.24, 2.45) is 0 Å². The lowest BCUT2D eigenvalue weighted by atomic mass is 9.93. The van der Waals surface area contributed by atoms with Gasteiger partial charge in [0.25, 0.3) is 0 Å². The number of benzene rings is 2. The SMILES string of the molecule is Cc1c([C@@H]2[C@@H](c3ccccn3)NC(=S)N2c2ccccc2)c(C)n(-c2ccccc2)c1C. The molecular weight excluding hydrogens is 412 g/mol. The van der Waals surface area contributed by atoms with Gasteiger partial charge in [-0.2, -0.15) is 0 Å². The van der Waals surface area contributed by atoms with E-state index in [4.69, 9.17) is 17.2 Å². The molecule has 2 atom stereocenters. The number of hydrogen-bond donors (Lipinski definition) is 1. The molecule has 5 rings (SSSR count). The first kappa shape index (κ1) is 20.5. The van der Waals surface area contributed by atoms with E-state index >= 15 is 0 Å². The summed E-state index contributed by atoms with van der Waals surface area (Å²) in [6.45, 7) is 6.63. The molecule has 0 aliphatic carbocycles. The highest BCUT2D eigenvalue weighted by Gasteiger charge is 2.43. The van der Waals surface area contributed by atoms with Gasteiger partial charge in [-0.3, -0.25) is 4.98 Å². The molecule has 3 heterocycles. The first-order valence-electron chi connectivity index (χ1n) is 10.9. The predicted molar refractivity (Wildman–Crippen MR) is 134 cm³/mol. The fraction of sp³-hybridized carbons (Fsp3) is 0.185. The third-order valence-corrected chi connectivity index (χ3v) is 6.76. The first-order valence-corrected chi connectivity index (χ1v) is 11.3. The molecule has 0 spiro atoms. The molecule has 1 saturated heterocycles. The minimum Gasteiger partial charge on any atom is -0.351 e. The van der Waals surface area contributed by atoms with Gasteiger partial charge < -0.3 is 14.8 Å². The van der Waals surface area contributed by atoms with Gasteiger partial charge in [-0.05, 0) is 75.0 Å². The molecule has 0 bridgehead atoms. The van der Waals surface area contributed by atoms with E-state index in [2.05, 4.69) is 96.2 Å². The maximum Gasteiger partial charge on any atom is 0.174 e. The lowest BCUT2D eigenvalue weighted by molar-refractivity contribution is 0.563. The van der Waals surface area contributed by atoms with Crippen molar-refractivity contribution in [1.82, 2.24) is 14.9 Å². The Morgan fingerprint density at radius 3 is 2.03 bits per heavy atom. The molecule has 1 N–H and O–H groups in total. The van der Waals surface area contributed by atoms with E-state index in [1.165, 1.54) is 28.2 Å². The van der Waals surface area contributed by atoms with Crippen LogP contribution in [-0.4, -0.2) is 14.7 Å². The number of pyridine rings is 1. The first-order chi connectivity index (χ1) is 15.6. The molecule has 0 saturated carbocycles. The zero-order valence-electron chi connectivity index (χ0n) is 18.5. The van der Waals surface area contributed by atoms with Gasteiger partial charge >= 0.3 is 0 Å². The molecule has 2 aromatic carbocycles. The second kappa shape index (κ2) is 8.24. The zero-order valence-corrected chi connectivity index (χ0v) is 19.3. The van der Waals surface area contributed by atoms with Gasteiger partial charge in [0.2, 0.25) is 0 Å². The van der Waals surface area contributed by atoms with E-state index in [1.54, 1.807) is 0 Å². The number of aromatic nitrogens is 2. The molecular formula is C27H26N4S. The summed E-state index contributed by atoms with van der Waals surface area (Å²) in [5.41, 5.74) is 8.28. The van der Waals surface area contributed by atoms with Crippen molar-refractivity contribution in [3.8, 4) is 5.69 Å². The average Bonchev–Trinajstić information content (AvgIpc) is 3.28. The molecule has 2 aromatic heterocycles. The summed E-state index contributed by atoms with van der Waals surface area (Å²) in [6, 6.07) is 26.9. The van der Waals surface area contributed by atoms with Gasteiger partial charge in [0.15, 0.2) is 5.11 Å². The lowest BCUT2D eigenvalue weighted by Crippen LogP contribution is -2.29. The highest BCUT2D eigenvalue weighted by molar-refractivity contribution is 7.80. The van der Waals surface area contributed by atoms with Gasteiger partial charge in [-0.25, -0.2) is 0 Å². The Labute approximate surface area is 194 Å². The van der Waals surface area contributed by atoms with E-state index in [1.807, 2.05) is 24.4 Å². The molecule has 1 aliphatic heterocycles. The summed E-state index contributed by atoms with van der Waals surface area (Å²) in [5, 5.41) is 4.30. The van der Waals surface area contributed by atoms with Crippen molar-refractivity contribution >= 4 is 23.0 Å². The van der Waals surface area contributed by atoms with Crippen molar-refractivity contribution in [2.45, 2.75) is 32.9 Å². The minimum atomic E-state index is -0.0488. The van der Waals surface area contributed by atoms with Crippen LogP contribution in [0, 0.1) is 20.8 Å². The van der Waals surface area contributed by atoms with Crippen LogP contribution in [0.2, 0.25) is 0 Å². The normalized spacial score (nSPS) is 18.1. The van der Waals surface area contributed by atoms with Gasteiger partial charge in [-0.15, -0.1) is 0 Å². The number of para-hydroxylation sites is 2. The number of thiocarbonyl (C=S) groups is 1. The Balaban J connectivity index is 1.73. The van der Waals surface area contributed by atoms with E-state index in [9.17, 15) is 0 Å². The van der Waals surface area contributed by atoms with Crippen LogP contribution in [-0.2, 0) is 0 Å². The van der Waals surface area contributed by atoms with Crippen molar-refractivity contribution in [3.63, 3.8) is 0 Å². The summed E-state index contributed by atoms with van der Waals surface area (Å²) in [6.07, 6.45) is 1.85. The van der Waals surface area contributed by atoms with Crippen LogP contribution in [0.1, 0.15) is 40.3 Å². The number of rotatable bonds is 4. The van der Waals surface area contributed by atoms with Crippen LogP contribution in [0.5, 0.6) is 0 Å². The van der Waals surface area contributed by atoms with Crippen molar-refractivity contribution in [3.05, 3.63) is 113 Å². The van der Waals surface area contributed by atoms with Crippen molar-refractivity contribution in [2.75, 3.05) is 4.90 Å². The van der Waals surface area contributed by atoms with Gasteiger partial charge in [-0.1, -0.05) is 42.5 Å². The van der Waals surface area contributed by atoms with Crippen LogP contribution < -0.4 is 10.2 Å². The molecule has 4 aromatic rings. The van der Waals surface area contributed by atoms with Crippen molar-refractivity contribution < 1.29 is 0 Å². The average molecular weight is 439 g/mol. The number of nitrogens with zero attached hydrogens (tertiary/aromatic N) is 3. The summed E-state index contributed by atoms with van der Waals surface area (Å²) in [5.74, 6) is 0. The van der Waals surface area contributed by atoms with Crippen LogP contribution in [0.15, 0.2) is 85.1 Å². The second-order valence-corrected chi connectivity index (χ2v) is 8.60. The van der Waals surface area contributed by atoms with Crippen LogP contribution >= 0.6 is 12.2 Å². The fourth-order valence-electron chi connectivity index (χ4n) is 4.92. The maximum atomic E-state index is 5.88. The van der Waals surface area contributed by atoms with E-state index in [0.717, 1.165) is 16.5 Å². The predicted octanol–water partition coefficient (Wildman–Crippen LogP) is 5.97. The Kier molecular flexibility index (Phi) is 5.27. The topological polar surface area (TPSA) is 33.1 Å². The highest BCUT2D eigenvalue weighted by Crippen LogP contribution is 2.45. The quantitative estimate of drug-likeness (QED) is 0.398. The second-order valence-electron chi connectivity index (χ2n) is 8.21. The molecule has 0 unspecified atom stereocenters. The van der Waals surface area contributed by atoms with Crippen LogP contribution in [0.3, 0.4) is 0 Å². The van der Waals surface area contributed by atoms with Crippen LogP contribution in [0.25, 0.3) is 5.69 Å². The Bertz CT molecular complexity index is 1250. The number of hydrogen-bond acceptors (Lipinski definition) is 2. The Morgan fingerprint density at radius 1 is 0.781 bits per heavy atom. The largest absolute Gasteiger partial charge is 0.351 e. The Morgan fingerprint density at radius 2 is 1.41 bits per heavy atom. The van der Waals surface area contributed by atoms with E-state index in [-0.39, 0.29) is 12.1 Å². The monoisotopic (exact) mass is 438 g/mol. The van der Waals surface area contributed by atoms with E-state index < -0.39 is 0 Å². The molecule has 32 heavy (non-hydrogen) atoms. The molecule has 5 heteroatoms. The third kappa shape index (κ3) is 3.30. The van der Waals surface area contributed by atoms with E-state index in [0.29, 0.717) is 0 Å². The third-order valence-electron chi connectivity index (χ3n) is 6.45. The summed E-state index contributed by atoms with van der Waals surface area (Å²) < 4.78 is 2.35. The maximum absolute atomic E-state index is 5.88. The molecule has 4 nitrogen and oxygen atoms in total.